The smallest absolute Gasteiger partial charge is 0.326 e. The van der Waals surface area contributed by atoms with Crippen LogP contribution in [0.15, 0.2) is 47.4 Å². The number of H-pyrrole nitrogens is 1. The second-order valence-electron chi connectivity index (χ2n) is 5.74. The van der Waals surface area contributed by atoms with Gasteiger partial charge in [-0.3, -0.25) is 4.98 Å². The van der Waals surface area contributed by atoms with Crippen molar-refractivity contribution in [3.63, 3.8) is 0 Å². The van der Waals surface area contributed by atoms with E-state index in [-0.39, 0.29) is 18.1 Å². The minimum Gasteiger partial charge on any atom is -0.326 e. The van der Waals surface area contributed by atoms with Crippen LogP contribution in [0.3, 0.4) is 0 Å². The molecule has 0 radical (unpaired) electrons. The standard InChI is InChI=1S/C18H15F3N4O.ClH/c1-10-14(6-11(8-22)9-23-10)16-7-15(24-17(26)25-16)12-2-4-13(5-3-12)18(19,20)21;/h2-7,9H,8,22H2,1H3,(H,24,25,26);1H. The molecule has 0 bridgehead atoms. The van der Waals surface area contributed by atoms with Crippen LogP contribution in [-0.2, 0) is 12.7 Å². The quantitative estimate of drug-likeness (QED) is 0.706. The molecule has 3 N–H and O–H groups in total. The third-order valence-corrected chi connectivity index (χ3v) is 3.92. The van der Waals surface area contributed by atoms with Crippen molar-refractivity contribution in [1.82, 2.24) is 15.0 Å². The van der Waals surface area contributed by atoms with Crippen molar-refractivity contribution in [3.05, 3.63) is 69.9 Å². The van der Waals surface area contributed by atoms with Crippen LogP contribution < -0.4 is 11.4 Å². The minimum atomic E-state index is -4.42. The average molecular weight is 397 g/mol. The van der Waals surface area contributed by atoms with Crippen molar-refractivity contribution >= 4 is 12.4 Å². The summed E-state index contributed by atoms with van der Waals surface area (Å²) >= 11 is 0. The second-order valence-corrected chi connectivity index (χ2v) is 5.74. The van der Waals surface area contributed by atoms with Gasteiger partial charge in [0.25, 0.3) is 0 Å². The van der Waals surface area contributed by atoms with Gasteiger partial charge in [0.1, 0.15) is 0 Å². The van der Waals surface area contributed by atoms with Gasteiger partial charge in [0.2, 0.25) is 0 Å². The molecule has 0 aliphatic carbocycles. The number of rotatable bonds is 3. The lowest BCUT2D eigenvalue weighted by Gasteiger charge is -2.10. The number of pyridine rings is 1. The third kappa shape index (κ3) is 4.53. The Hall–Kier alpha value is -2.71. The predicted octanol–water partition coefficient (Wildman–Crippen LogP) is 3.71. The number of nitrogens with one attached hydrogen (secondary N) is 1. The molecular weight excluding hydrogens is 381 g/mol. The maximum Gasteiger partial charge on any atom is 0.416 e. The maximum atomic E-state index is 12.7. The van der Waals surface area contributed by atoms with Crippen molar-refractivity contribution in [2.45, 2.75) is 19.6 Å². The van der Waals surface area contributed by atoms with Crippen LogP contribution in [0.25, 0.3) is 22.5 Å². The van der Waals surface area contributed by atoms with E-state index in [1.54, 1.807) is 19.2 Å². The van der Waals surface area contributed by atoms with Crippen LogP contribution >= 0.6 is 12.4 Å². The van der Waals surface area contributed by atoms with E-state index in [0.717, 1.165) is 17.7 Å². The molecule has 2 heterocycles. The molecule has 0 atom stereocenters. The molecule has 0 unspecified atom stereocenters. The lowest BCUT2D eigenvalue weighted by atomic mass is 10.0. The van der Waals surface area contributed by atoms with Crippen LogP contribution in [0.4, 0.5) is 13.2 Å². The largest absolute Gasteiger partial charge is 0.416 e. The lowest BCUT2D eigenvalue weighted by molar-refractivity contribution is -0.137. The molecule has 2 aromatic heterocycles. The Labute approximate surface area is 158 Å². The van der Waals surface area contributed by atoms with Crippen molar-refractivity contribution in [2.24, 2.45) is 5.73 Å². The second kappa shape index (κ2) is 7.89. The van der Waals surface area contributed by atoms with Crippen LogP contribution in [0.1, 0.15) is 16.8 Å². The Bertz CT molecular complexity index is 1000. The van der Waals surface area contributed by atoms with Crippen LogP contribution in [0.2, 0.25) is 0 Å². The highest BCUT2D eigenvalue weighted by atomic mass is 35.5. The molecule has 0 saturated heterocycles. The predicted molar refractivity (Wildman–Crippen MR) is 98.4 cm³/mol. The van der Waals surface area contributed by atoms with Gasteiger partial charge in [-0.05, 0) is 36.8 Å². The molecule has 142 valence electrons. The Morgan fingerprint density at radius 3 is 2.41 bits per heavy atom. The fourth-order valence-corrected chi connectivity index (χ4v) is 2.54. The summed E-state index contributed by atoms with van der Waals surface area (Å²) in [4.78, 5) is 22.7. The van der Waals surface area contributed by atoms with Crippen molar-refractivity contribution < 1.29 is 13.2 Å². The first-order chi connectivity index (χ1) is 12.3. The van der Waals surface area contributed by atoms with E-state index < -0.39 is 17.4 Å². The van der Waals surface area contributed by atoms with Crippen LogP contribution in [0.5, 0.6) is 0 Å². The molecule has 1 aromatic carbocycles. The Balaban J connectivity index is 0.00000261. The monoisotopic (exact) mass is 396 g/mol. The van der Waals surface area contributed by atoms with Gasteiger partial charge in [-0.15, -0.1) is 12.4 Å². The van der Waals surface area contributed by atoms with Gasteiger partial charge in [0.15, 0.2) is 0 Å². The normalized spacial score (nSPS) is 11.1. The van der Waals surface area contributed by atoms with Crippen molar-refractivity contribution in [1.29, 1.82) is 0 Å². The number of hydrogen-bond donors (Lipinski definition) is 2. The molecule has 0 fully saturated rings. The molecule has 9 heteroatoms. The number of nitrogens with two attached hydrogens (primary N) is 1. The molecule has 3 rings (SSSR count). The molecule has 0 spiro atoms. The molecule has 0 amide bonds. The van der Waals surface area contributed by atoms with E-state index in [4.69, 9.17) is 5.73 Å². The summed E-state index contributed by atoms with van der Waals surface area (Å²) in [6.07, 6.45) is -2.77. The minimum absolute atomic E-state index is 0. The summed E-state index contributed by atoms with van der Waals surface area (Å²) in [5, 5.41) is 0. The van der Waals surface area contributed by atoms with Crippen LogP contribution in [-0.4, -0.2) is 15.0 Å². The van der Waals surface area contributed by atoms with E-state index >= 15 is 0 Å². The Kier molecular flexibility index (Phi) is 6.02. The zero-order valence-electron chi connectivity index (χ0n) is 14.2. The fourth-order valence-electron chi connectivity index (χ4n) is 2.54. The number of aromatic nitrogens is 3. The third-order valence-electron chi connectivity index (χ3n) is 3.92. The summed E-state index contributed by atoms with van der Waals surface area (Å²) in [5.74, 6) is 0. The molecule has 0 aliphatic heterocycles. The van der Waals surface area contributed by atoms with Gasteiger partial charge in [-0.25, -0.2) is 4.79 Å². The first-order valence-electron chi connectivity index (χ1n) is 7.73. The molecule has 0 aliphatic rings. The first-order valence-corrected chi connectivity index (χ1v) is 7.73. The van der Waals surface area contributed by atoms with Gasteiger partial charge >= 0.3 is 11.9 Å². The van der Waals surface area contributed by atoms with Gasteiger partial charge in [0.05, 0.1) is 17.0 Å². The van der Waals surface area contributed by atoms with Gasteiger partial charge < -0.3 is 10.7 Å². The molecule has 3 aromatic rings. The summed E-state index contributed by atoms with van der Waals surface area (Å²) in [6, 6.07) is 7.91. The van der Waals surface area contributed by atoms with Gasteiger partial charge in [-0.1, -0.05) is 12.1 Å². The van der Waals surface area contributed by atoms with E-state index in [0.29, 0.717) is 29.1 Å². The zero-order valence-corrected chi connectivity index (χ0v) is 15.0. The van der Waals surface area contributed by atoms with Crippen LogP contribution in [0, 0.1) is 6.92 Å². The molecule has 0 saturated carbocycles. The average Bonchev–Trinajstić information content (AvgIpc) is 2.61. The number of nitrogens with zero attached hydrogens (tertiary/aromatic N) is 2. The van der Waals surface area contributed by atoms with E-state index in [2.05, 4.69) is 15.0 Å². The molecule has 27 heavy (non-hydrogen) atoms. The van der Waals surface area contributed by atoms with Gasteiger partial charge in [-0.2, -0.15) is 18.2 Å². The highest BCUT2D eigenvalue weighted by Gasteiger charge is 2.30. The number of hydrogen-bond acceptors (Lipinski definition) is 4. The number of halogens is 4. The Morgan fingerprint density at radius 1 is 1.15 bits per heavy atom. The lowest BCUT2D eigenvalue weighted by Crippen LogP contribution is -2.13. The highest BCUT2D eigenvalue weighted by molar-refractivity contribution is 5.85. The first kappa shape index (κ1) is 20.6. The fraction of sp³-hybridized carbons (Fsp3) is 0.167. The van der Waals surface area contributed by atoms with Gasteiger partial charge in [0, 0.05) is 29.6 Å². The zero-order chi connectivity index (χ0) is 18.9. The Morgan fingerprint density at radius 2 is 1.81 bits per heavy atom. The van der Waals surface area contributed by atoms with E-state index in [1.165, 1.54) is 12.1 Å². The SMILES string of the molecule is Cc1ncc(CN)cc1-c1cc(-c2ccc(C(F)(F)F)cc2)nc(=O)[nH]1.Cl. The number of alkyl halides is 3. The topological polar surface area (TPSA) is 84.7 Å². The summed E-state index contributed by atoms with van der Waals surface area (Å²) in [5.41, 5.74) is 7.58. The number of aromatic amines is 1. The maximum absolute atomic E-state index is 12.7. The molecule has 5 nitrogen and oxygen atoms in total. The summed E-state index contributed by atoms with van der Waals surface area (Å²) in [6.45, 7) is 2.08. The van der Waals surface area contributed by atoms with E-state index in [1.807, 2.05) is 6.07 Å². The number of aryl methyl sites for hydroxylation is 1. The van der Waals surface area contributed by atoms with Crippen molar-refractivity contribution in [2.75, 3.05) is 0 Å². The van der Waals surface area contributed by atoms with Crippen molar-refractivity contribution in [3.8, 4) is 22.5 Å². The van der Waals surface area contributed by atoms with E-state index in [9.17, 15) is 18.0 Å². The summed E-state index contributed by atoms with van der Waals surface area (Å²) in [7, 11) is 0. The number of benzene rings is 1. The highest BCUT2D eigenvalue weighted by Crippen LogP contribution is 2.31. The summed E-state index contributed by atoms with van der Waals surface area (Å²) < 4.78 is 38.1. The molecular formula is C18H16ClF3N4O.